The molecule has 1 nitrogen and oxygen atoms in total. The summed E-state index contributed by atoms with van der Waals surface area (Å²) in [5.74, 6) is 0. The molecule has 2 aliphatic rings. The molecule has 0 aromatic heterocycles. The van der Waals surface area contributed by atoms with Crippen molar-refractivity contribution in [1.29, 1.82) is 0 Å². The highest BCUT2D eigenvalue weighted by molar-refractivity contribution is 6.14. The van der Waals surface area contributed by atoms with Gasteiger partial charge in [-0.3, -0.25) is 0 Å². The third kappa shape index (κ3) is 5.38. The Morgan fingerprint density at radius 1 is 0.604 bits per heavy atom. The summed E-state index contributed by atoms with van der Waals surface area (Å²) in [5.41, 5.74) is 16.0. The molecular weight excluding hydrogens is 579 g/mol. The number of hydrogen-bond acceptors (Lipinski definition) is 1. The third-order valence-corrected chi connectivity index (χ3v) is 10.5. The Labute approximate surface area is 285 Å². The predicted molar refractivity (Wildman–Crippen MR) is 209 cm³/mol. The van der Waals surface area contributed by atoms with Gasteiger partial charge in [-0.2, -0.15) is 0 Å². The van der Waals surface area contributed by atoms with Crippen LogP contribution in [-0.2, 0) is 6.42 Å². The lowest BCUT2D eigenvalue weighted by Gasteiger charge is -2.25. The Hall–Kier alpha value is -5.14. The van der Waals surface area contributed by atoms with Gasteiger partial charge in [0.25, 0.3) is 0 Å². The van der Waals surface area contributed by atoms with Gasteiger partial charge in [0.2, 0.25) is 0 Å². The third-order valence-electron chi connectivity index (χ3n) is 10.5. The van der Waals surface area contributed by atoms with E-state index in [0.717, 1.165) is 19.3 Å². The van der Waals surface area contributed by atoms with Crippen molar-refractivity contribution < 1.29 is 0 Å². The van der Waals surface area contributed by atoms with Crippen LogP contribution in [0.5, 0.6) is 0 Å². The number of hydrogen-bond donors (Lipinski definition) is 0. The molecule has 0 radical (unpaired) electrons. The number of aryl methyl sites for hydroxylation is 2. The molecule has 1 heteroatoms. The lowest BCUT2D eigenvalue weighted by atomic mass is 9.86. The number of anilines is 2. The zero-order valence-corrected chi connectivity index (χ0v) is 28.4. The van der Waals surface area contributed by atoms with Gasteiger partial charge in [0.1, 0.15) is 0 Å². The van der Waals surface area contributed by atoms with E-state index in [1.54, 1.807) is 5.57 Å². The topological polar surface area (TPSA) is 3.24 Å². The number of allylic oxidation sites excluding steroid dienone is 5. The van der Waals surface area contributed by atoms with Crippen molar-refractivity contribution in [2.75, 3.05) is 11.9 Å². The monoisotopic (exact) mass is 621 g/mol. The van der Waals surface area contributed by atoms with Crippen LogP contribution in [0, 0.1) is 6.92 Å². The van der Waals surface area contributed by atoms with Crippen LogP contribution in [0.15, 0.2) is 133 Å². The maximum Gasteiger partial charge on any atom is 0.0488 e. The molecule has 0 bridgehead atoms. The number of nitrogens with zero attached hydrogens (tertiary/aromatic N) is 1. The highest BCUT2D eigenvalue weighted by Crippen LogP contribution is 2.42. The Balaban J connectivity index is 1.25. The van der Waals surface area contributed by atoms with Crippen molar-refractivity contribution in [3.05, 3.63) is 155 Å². The molecule has 0 aliphatic heterocycles. The number of rotatable bonds is 7. The van der Waals surface area contributed by atoms with Crippen molar-refractivity contribution in [2.45, 2.75) is 52.4 Å². The molecule has 0 atom stereocenters. The fourth-order valence-corrected chi connectivity index (χ4v) is 8.02. The molecule has 2 aliphatic carbocycles. The smallest absolute Gasteiger partial charge is 0.0488 e. The summed E-state index contributed by atoms with van der Waals surface area (Å²) in [6.07, 6.45) is 16.3. The molecule has 236 valence electrons. The standard InChI is InChI=1S/C47H43N/c1-4-14-33-17-8-9-18-38(33)44-29-35(24-23-32(44)2)36-25-28-47(45(30-36)34-15-6-5-7-16-34)48(3)37-26-27-43-41-21-11-10-19-39(41)40-20-12-13-22-42(40)46(43)31-37/h5-7,9-11,13,15-16,18-19,21-31H,4,8,12,14,17,20H2,1-3H3. The molecule has 6 aromatic carbocycles. The molecule has 0 amide bonds. The number of benzene rings is 6. The molecule has 0 fully saturated rings. The summed E-state index contributed by atoms with van der Waals surface area (Å²) in [7, 11) is 2.22. The first-order valence-electron chi connectivity index (χ1n) is 17.7. The van der Waals surface area contributed by atoms with Gasteiger partial charge in [-0.1, -0.05) is 122 Å². The molecule has 8 rings (SSSR count). The summed E-state index contributed by atoms with van der Waals surface area (Å²) in [5, 5.41) is 5.40. The van der Waals surface area contributed by atoms with E-state index >= 15 is 0 Å². The molecule has 0 saturated carbocycles. The van der Waals surface area contributed by atoms with Gasteiger partial charge in [-0.25, -0.2) is 0 Å². The fourth-order valence-electron chi connectivity index (χ4n) is 8.02. The van der Waals surface area contributed by atoms with Crippen LogP contribution >= 0.6 is 0 Å². The van der Waals surface area contributed by atoms with Crippen molar-refractivity contribution in [3.63, 3.8) is 0 Å². The van der Waals surface area contributed by atoms with Crippen molar-refractivity contribution >= 4 is 44.6 Å². The molecule has 0 heterocycles. The predicted octanol–water partition coefficient (Wildman–Crippen LogP) is 13.3. The summed E-state index contributed by atoms with van der Waals surface area (Å²) in [4.78, 5) is 2.37. The average Bonchev–Trinajstić information content (AvgIpc) is 3.15. The van der Waals surface area contributed by atoms with E-state index in [1.807, 2.05) is 0 Å². The summed E-state index contributed by atoms with van der Waals surface area (Å²) < 4.78 is 0. The van der Waals surface area contributed by atoms with Crippen molar-refractivity contribution in [1.82, 2.24) is 0 Å². The second-order valence-electron chi connectivity index (χ2n) is 13.5. The molecule has 0 spiro atoms. The molecule has 0 unspecified atom stereocenters. The van der Waals surface area contributed by atoms with E-state index in [-0.39, 0.29) is 0 Å². The highest BCUT2D eigenvalue weighted by Gasteiger charge is 2.19. The molecule has 0 N–H and O–H groups in total. The van der Waals surface area contributed by atoms with Gasteiger partial charge < -0.3 is 4.90 Å². The van der Waals surface area contributed by atoms with Gasteiger partial charge in [-0.05, 0) is 135 Å². The van der Waals surface area contributed by atoms with Gasteiger partial charge in [-0.15, -0.1) is 0 Å². The first kappa shape index (κ1) is 30.2. The zero-order valence-electron chi connectivity index (χ0n) is 28.4. The maximum absolute atomic E-state index is 2.42. The molecule has 0 saturated heterocycles. The minimum Gasteiger partial charge on any atom is -0.344 e. The maximum atomic E-state index is 2.42. The molecular formula is C47H43N. The normalized spacial score (nSPS) is 14.1. The van der Waals surface area contributed by atoms with Gasteiger partial charge in [0.05, 0.1) is 0 Å². The summed E-state index contributed by atoms with van der Waals surface area (Å²) in [6, 6.07) is 40.9. The minimum atomic E-state index is 1.09. The van der Waals surface area contributed by atoms with E-state index < -0.39 is 0 Å². The second kappa shape index (κ2) is 12.8. The van der Waals surface area contributed by atoms with E-state index in [2.05, 4.69) is 159 Å². The van der Waals surface area contributed by atoms with Crippen LogP contribution in [-0.4, -0.2) is 7.05 Å². The Morgan fingerprint density at radius 3 is 2.15 bits per heavy atom. The molecule has 6 aromatic rings. The van der Waals surface area contributed by atoms with Crippen LogP contribution in [0.4, 0.5) is 11.4 Å². The Morgan fingerprint density at radius 2 is 1.31 bits per heavy atom. The molecule has 48 heavy (non-hydrogen) atoms. The first-order chi connectivity index (χ1) is 23.6. The van der Waals surface area contributed by atoms with Crippen LogP contribution < -0.4 is 4.90 Å². The summed E-state index contributed by atoms with van der Waals surface area (Å²) in [6.45, 7) is 4.55. The first-order valence-corrected chi connectivity index (χ1v) is 17.7. The number of fused-ring (bicyclic) bond motifs is 6. The Kier molecular flexibility index (Phi) is 8.06. The van der Waals surface area contributed by atoms with Crippen molar-refractivity contribution in [3.8, 4) is 22.3 Å². The zero-order chi connectivity index (χ0) is 32.6. The lowest BCUT2D eigenvalue weighted by Crippen LogP contribution is -2.11. The summed E-state index contributed by atoms with van der Waals surface area (Å²) >= 11 is 0. The lowest BCUT2D eigenvalue weighted by molar-refractivity contribution is 0.825. The van der Waals surface area contributed by atoms with Crippen LogP contribution in [0.3, 0.4) is 0 Å². The van der Waals surface area contributed by atoms with Crippen LogP contribution in [0.1, 0.15) is 61.3 Å². The van der Waals surface area contributed by atoms with Gasteiger partial charge in [0, 0.05) is 24.0 Å². The minimum absolute atomic E-state index is 1.09. The van der Waals surface area contributed by atoms with E-state index in [0.29, 0.717) is 0 Å². The van der Waals surface area contributed by atoms with Crippen LogP contribution in [0.2, 0.25) is 0 Å². The Bertz CT molecular complexity index is 2260. The van der Waals surface area contributed by atoms with Crippen molar-refractivity contribution in [2.24, 2.45) is 0 Å². The average molecular weight is 622 g/mol. The SMILES string of the molecule is CCCC1=C(c2cc(-c3ccc(N(C)c4ccc5c(c4)c4c(c6ccccc65)CCC=C4)c(-c4ccccc4)c3)ccc2C)C=CCC1. The second-order valence-corrected chi connectivity index (χ2v) is 13.5. The van der Waals surface area contributed by atoms with Crippen LogP contribution in [0.25, 0.3) is 55.4 Å². The van der Waals surface area contributed by atoms with E-state index in [4.69, 9.17) is 0 Å². The fraction of sp³-hybridized carbons (Fsp3) is 0.191. The quantitative estimate of drug-likeness (QED) is 0.160. The largest absolute Gasteiger partial charge is 0.344 e. The highest BCUT2D eigenvalue weighted by atomic mass is 15.1. The van der Waals surface area contributed by atoms with Gasteiger partial charge >= 0.3 is 0 Å². The van der Waals surface area contributed by atoms with E-state index in [9.17, 15) is 0 Å². The van der Waals surface area contributed by atoms with E-state index in [1.165, 1.54) is 102 Å². The van der Waals surface area contributed by atoms with Gasteiger partial charge in [0.15, 0.2) is 0 Å².